The van der Waals surface area contributed by atoms with Crippen LogP contribution in [0, 0.1) is 34.5 Å². The van der Waals surface area contributed by atoms with E-state index in [-0.39, 0.29) is 52.9 Å². The van der Waals surface area contributed by atoms with Crippen LogP contribution >= 0.6 is 0 Å². The molecule has 0 aromatic heterocycles. The van der Waals surface area contributed by atoms with Gasteiger partial charge in [0, 0.05) is 46.3 Å². The van der Waals surface area contributed by atoms with Gasteiger partial charge in [0.1, 0.15) is 11.2 Å². The first-order valence-electron chi connectivity index (χ1n) is 13.9. The number of hydrogen-bond acceptors (Lipinski definition) is 7. The topological polar surface area (TPSA) is 132 Å². The van der Waals surface area contributed by atoms with Crippen LogP contribution < -0.4 is 22.9 Å². The largest absolute Gasteiger partial charge is 0.371 e. The molecule has 3 heterocycles. The zero-order valence-electron chi connectivity index (χ0n) is 22.6. The van der Waals surface area contributed by atoms with Crippen molar-refractivity contribution < 1.29 is 14.5 Å². The standard InChI is InChI=1S/C28H48N4O3/c1-15(23(2,3)31)20(30)22-26(6,32)21-17(33-22)13-19-24(21,4)9-8-18-25(5)10-7-16(29)14-27(25)11-12-28(18,19)35-34-27/h11-12,15-22H,7-10,13-14,29-32H2,1-6H3. The second-order valence-electron chi connectivity index (χ2n) is 14.7. The van der Waals surface area contributed by atoms with E-state index in [1.807, 2.05) is 13.8 Å². The maximum atomic E-state index is 7.24. The van der Waals surface area contributed by atoms with E-state index >= 15 is 0 Å². The SMILES string of the molecule is CC(C(N)C1OC2CC3C(C)(CCC4C35C=CC3(CC(N)CCC43C)OO5)C2C1(C)N)C(C)(C)N. The average Bonchev–Trinajstić information content (AvgIpc) is 3.23. The van der Waals surface area contributed by atoms with Crippen molar-refractivity contribution >= 4 is 0 Å². The van der Waals surface area contributed by atoms with E-state index in [4.69, 9.17) is 37.4 Å². The Balaban J connectivity index is 1.35. The molecule has 0 aromatic rings. The third kappa shape index (κ3) is 2.87. The minimum atomic E-state index is -0.546. The molecule has 13 atom stereocenters. The first-order valence-corrected chi connectivity index (χ1v) is 13.9. The second-order valence-corrected chi connectivity index (χ2v) is 14.7. The minimum absolute atomic E-state index is 0.0208. The highest BCUT2D eigenvalue weighted by atomic mass is 17.2. The van der Waals surface area contributed by atoms with Gasteiger partial charge in [0.15, 0.2) is 0 Å². The predicted molar refractivity (Wildman–Crippen MR) is 136 cm³/mol. The number of fused-ring (bicyclic) bond motifs is 4. The van der Waals surface area contributed by atoms with Gasteiger partial charge in [-0.3, -0.25) is 0 Å². The molecule has 7 nitrogen and oxygen atoms in total. The molecule has 198 valence electrons. The first kappa shape index (κ1) is 24.8. The average molecular weight is 489 g/mol. The van der Waals surface area contributed by atoms with Crippen LogP contribution in [-0.2, 0) is 14.5 Å². The quantitative estimate of drug-likeness (QED) is 0.355. The Morgan fingerprint density at radius 3 is 2.37 bits per heavy atom. The monoisotopic (exact) mass is 488 g/mol. The van der Waals surface area contributed by atoms with Gasteiger partial charge >= 0.3 is 0 Å². The van der Waals surface area contributed by atoms with Gasteiger partial charge in [0.05, 0.1) is 12.2 Å². The second kappa shape index (κ2) is 7.10. The van der Waals surface area contributed by atoms with Gasteiger partial charge < -0.3 is 27.7 Å². The zero-order valence-corrected chi connectivity index (χ0v) is 22.6. The Kier molecular flexibility index (Phi) is 5.03. The van der Waals surface area contributed by atoms with Gasteiger partial charge in [-0.15, -0.1) is 0 Å². The lowest BCUT2D eigenvalue weighted by atomic mass is 9.42. The molecule has 0 radical (unpaired) electrons. The van der Waals surface area contributed by atoms with E-state index < -0.39 is 22.3 Å². The Bertz CT molecular complexity index is 934. The van der Waals surface area contributed by atoms with Crippen molar-refractivity contribution in [1.82, 2.24) is 0 Å². The van der Waals surface area contributed by atoms with E-state index in [2.05, 4.69) is 39.8 Å². The summed E-state index contributed by atoms with van der Waals surface area (Å²) in [5.74, 6) is 0.985. The third-order valence-electron chi connectivity index (χ3n) is 12.4. The van der Waals surface area contributed by atoms with Crippen molar-refractivity contribution in [3.8, 4) is 0 Å². The molecule has 7 heteroatoms. The molecule has 5 fully saturated rings. The van der Waals surface area contributed by atoms with E-state index in [1.165, 1.54) is 0 Å². The summed E-state index contributed by atoms with van der Waals surface area (Å²) in [5, 5.41) is 0. The zero-order chi connectivity index (χ0) is 25.4. The van der Waals surface area contributed by atoms with Crippen molar-refractivity contribution in [3.63, 3.8) is 0 Å². The molecule has 7 aliphatic rings. The minimum Gasteiger partial charge on any atom is -0.371 e. The lowest BCUT2D eigenvalue weighted by molar-refractivity contribution is -0.496. The van der Waals surface area contributed by atoms with Crippen LogP contribution in [0.3, 0.4) is 0 Å². The highest BCUT2D eigenvalue weighted by Crippen LogP contribution is 2.74. The van der Waals surface area contributed by atoms with Crippen molar-refractivity contribution in [2.45, 2.75) is 127 Å². The summed E-state index contributed by atoms with van der Waals surface area (Å²) >= 11 is 0. The predicted octanol–water partition coefficient (Wildman–Crippen LogP) is 2.75. The van der Waals surface area contributed by atoms with E-state index in [0.29, 0.717) is 5.92 Å². The summed E-state index contributed by atoms with van der Waals surface area (Å²) in [6.07, 6.45) is 10.6. The summed E-state index contributed by atoms with van der Waals surface area (Å²) in [6.45, 7) is 13.2. The van der Waals surface area contributed by atoms with Crippen molar-refractivity contribution in [2.24, 2.45) is 57.4 Å². The van der Waals surface area contributed by atoms with Crippen LogP contribution in [0.15, 0.2) is 12.2 Å². The number of ether oxygens (including phenoxy) is 1. The molecule has 7 rings (SSSR count). The van der Waals surface area contributed by atoms with Gasteiger partial charge in [0.2, 0.25) is 0 Å². The Labute approximate surface area is 210 Å². The van der Waals surface area contributed by atoms with Crippen LogP contribution in [0.2, 0.25) is 0 Å². The normalized spacial score (nSPS) is 58.3. The smallest absolute Gasteiger partial charge is 0.129 e. The van der Waals surface area contributed by atoms with Gasteiger partial charge in [-0.1, -0.05) is 32.9 Å². The molecule has 3 saturated carbocycles. The van der Waals surface area contributed by atoms with Gasteiger partial charge in [0.25, 0.3) is 0 Å². The molecule has 35 heavy (non-hydrogen) atoms. The maximum Gasteiger partial charge on any atom is 0.129 e. The molecule has 13 unspecified atom stereocenters. The highest BCUT2D eigenvalue weighted by molar-refractivity contribution is 5.35. The van der Waals surface area contributed by atoms with Crippen molar-refractivity contribution in [1.29, 1.82) is 0 Å². The lowest BCUT2D eigenvalue weighted by Crippen LogP contribution is -2.74. The van der Waals surface area contributed by atoms with Crippen LogP contribution in [0.5, 0.6) is 0 Å². The number of nitrogens with two attached hydrogens (primary N) is 4. The highest BCUT2D eigenvalue weighted by Gasteiger charge is 2.77. The molecule has 4 aliphatic carbocycles. The third-order valence-corrected chi connectivity index (χ3v) is 12.4. The van der Waals surface area contributed by atoms with Crippen LogP contribution in [0.1, 0.15) is 80.1 Å². The Morgan fingerprint density at radius 1 is 1.03 bits per heavy atom. The van der Waals surface area contributed by atoms with Crippen LogP contribution in [-0.4, -0.2) is 46.6 Å². The Morgan fingerprint density at radius 2 is 1.74 bits per heavy atom. The summed E-state index contributed by atoms with van der Waals surface area (Å²) in [4.78, 5) is 12.9. The molecular weight excluding hydrogens is 440 g/mol. The van der Waals surface area contributed by atoms with Crippen molar-refractivity contribution in [2.75, 3.05) is 0 Å². The van der Waals surface area contributed by atoms with E-state index in [9.17, 15) is 0 Å². The van der Waals surface area contributed by atoms with Gasteiger partial charge in [-0.2, -0.15) is 0 Å². The first-order chi connectivity index (χ1) is 16.1. The maximum absolute atomic E-state index is 7.24. The van der Waals surface area contributed by atoms with E-state index in [0.717, 1.165) is 38.5 Å². The fourth-order valence-corrected chi connectivity index (χ4v) is 10.2. The van der Waals surface area contributed by atoms with Gasteiger partial charge in [-0.05, 0) is 70.6 Å². The molecule has 3 aliphatic heterocycles. The molecule has 0 amide bonds. The number of hydrogen-bond donors (Lipinski definition) is 4. The van der Waals surface area contributed by atoms with Crippen molar-refractivity contribution in [3.05, 3.63) is 12.2 Å². The molecule has 0 aromatic carbocycles. The fraction of sp³-hybridized carbons (Fsp3) is 0.929. The fourth-order valence-electron chi connectivity index (χ4n) is 10.2. The summed E-state index contributed by atoms with van der Waals surface area (Å²) in [5.41, 5.74) is 25.2. The lowest BCUT2D eigenvalue weighted by Gasteiger charge is -2.69. The number of rotatable bonds is 3. The molecular formula is C28H48N4O3. The molecule has 8 N–H and O–H groups in total. The molecule has 2 saturated heterocycles. The van der Waals surface area contributed by atoms with Crippen LogP contribution in [0.4, 0.5) is 0 Å². The van der Waals surface area contributed by atoms with E-state index in [1.54, 1.807) is 0 Å². The molecule has 2 bridgehead atoms. The van der Waals surface area contributed by atoms with Gasteiger partial charge in [-0.25, -0.2) is 9.78 Å². The molecule has 2 spiro atoms. The summed E-state index contributed by atoms with van der Waals surface area (Å²) < 4.78 is 6.82. The summed E-state index contributed by atoms with van der Waals surface area (Å²) in [7, 11) is 0. The summed E-state index contributed by atoms with van der Waals surface area (Å²) in [6, 6.07) is -0.0584. The Hall–Kier alpha value is -0.540. The van der Waals surface area contributed by atoms with Crippen LogP contribution in [0.25, 0.3) is 0 Å².